The minimum Gasteiger partial charge on any atom is -0.364 e. The molecule has 2 rings (SSSR count). The molecule has 2 aromatic heterocycles. The molecule has 96 valence electrons. The Morgan fingerprint density at radius 3 is 2.61 bits per heavy atom. The average molecular weight is 278 g/mol. The third kappa shape index (κ3) is 1.90. The fraction of sp³-hybridized carbons (Fsp3) is 0.200. The van der Waals surface area contributed by atoms with Gasteiger partial charge in [0.15, 0.2) is 5.65 Å². The zero-order valence-electron chi connectivity index (χ0n) is 9.05. The number of halogens is 4. The first-order valence-corrected chi connectivity index (χ1v) is 5.15. The third-order valence-corrected chi connectivity index (χ3v) is 2.69. The van der Waals surface area contributed by atoms with Crippen molar-refractivity contribution in [3.63, 3.8) is 0 Å². The van der Waals surface area contributed by atoms with Gasteiger partial charge in [-0.2, -0.15) is 13.2 Å². The monoisotopic (exact) mass is 277 g/mol. The van der Waals surface area contributed by atoms with Crippen LogP contribution >= 0.6 is 11.6 Å². The summed E-state index contributed by atoms with van der Waals surface area (Å²) in [7, 11) is 0. The molecule has 8 heteroatoms. The van der Waals surface area contributed by atoms with E-state index in [1.165, 1.54) is 6.92 Å². The number of carbonyl (C=O) groups is 1. The maximum atomic E-state index is 12.6. The zero-order chi connectivity index (χ0) is 13.7. The van der Waals surface area contributed by atoms with E-state index < -0.39 is 17.6 Å². The van der Waals surface area contributed by atoms with Gasteiger partial charge in [-0.1, -0.05) is 11.6 Å². The first-order chi connectivity index (χ1) is 8.21. The molecule has 0 fully saturated rings. The van der Waals surface area contributed by atoms with Crippen LogP contribution in [0.15, 0.2) is 12.3 Å². The lowest BCUT2D eigenvalue weighted by Gasteiger charge is -2.08. The number of hydrogen-bond donors (Lipinski definition) is 1. The van der Waals surface area contributed by atoms with Gasteiger partial charge in [0.2, 0.25) is 0 Å². The first-order valence-electron chi connectivity index (χ1n) is 4.77. The van der Waals surface area contributed by atoms with Gasteiger partial charge in [-0.05, 0) is 13.0 Å². The van der Waals surface area contributed by atoms with Crippen LogP contribution in [0.3, 0.4) is 0 Å². The third-order valence-electron chi connectivity index (χ3n) is 2.41. The van der Waals surface area contributed by atoms with Crippen molar-refractivity contribution in [2.24, 2.45) is 5.73 Å². The Balaban J connectivity index is 2.85. The topological polar surface area (TPSA) is 60.4 Å². The molecule has 4 nitrogen and oxygen atoms in total. The Kier molecular flexibility index (Phi) is 2.73. The van der Waals surface area contributed by atoms with Crippen LogP contribution in [0.5, 0.6) is 0 Å². The van der Waals surface area contributed by atoms with Crippen molar-refractivity contribution < 1.29 is 18.0 Å². The van der Waals surface area contributed by atoms with Gasteiger partial charge in [-0.15, -0.1) is 0 Å². The fourth-order valence-corrected chi connectivity index (χ4v) is 1.92. The summed E-state index contributed by atoms with van der Waals surface area (Å²) in [5.74, 6) is -0.865. The van der Waals surface area contributed by atoms with Crippen molar-refractivity contribution in [3.05, 3.63) is 34.2 Å². The average Bonchev–Trinajstić information content (AvgIpc) is 2.53. The van der Waals surface area contributed by atoms with Crippen LogP contribution in [-0.2, 0) is 6.18 Å². The normalized spacial score (nSPS) is 12.1. The molecule has 0 aliphatic carbocycles. The number of aryl methyl sites for hydroxylation is 1. The second-order valence-corrected chi connectivity index (χ2v) is 4.09. The number of hydrogen-bond acceptors (Lipinski definition) is 2. The van der Waals surface area contributed by atoms with E-state index in [4.69, 9.17) is 17.3 Å². The summed E-state index contributed by atoms with van der Waals surface area (Å²) in [4.78, 5) is 15.1. The molecule has 0 saturated carbocycles. The molecule has 2 aromatic rings. The van der Waals surface area contributed by atoms with E-state index in [9.17, 15) is 18.0 Å². The van der Waals surface area contributed by atoms with Gasteiger partial charge in [0.1, 0.15) is 5.69 Å². The van der Waals surface area contributed by atoms with Gasteiger partial charge in [0.05, 0.1) is 16.3 Å². The number of pyridine rings is 1. The Morgan fingerprint density at radius 2 is 2.11 bits per heavy atom. The highest BCUT2D eigenvalue weighted by atomic mass is 35.5. The lowest BCUT2D eigenvalue weighted by Crippen LogP contribution is -2.16. The molecule has 0 aliphatic heterocycles. The van der Waals surface area contributed by atoms with Crippen molar-refractivity contribution >= 4 is 23.2 Å². The predicted octanol–water partition coefficient (Wildman–Crippen LogP) is 2.41. The van der Waals surface area contributed by atoms with Gasteiger partial charge in [0.25, 0.3) is 5.91 Å². The van der Waals surface area contributed by atoms with Crippen LogP contribution in [0, 0.1) is 6.92 Å². The van der Waals surface area contributed by atoms with Crippen LogP contribution < -0.4 is 5.73 Å². The molecular formula is C10H7ClF3N3O. The van der Waals surface area contributed by atoms with Crippen LogP contribution in [0.25, 0.3) is 5.65 Å². The van der Waals surface area contributed by atoms with Crippen molar-refractivity contribution in [3.8, 4) is 0 Å². The highest BCUT2D eigenvalue weighted by Gasteiger charge is 2.32. The summed E-state index contributed by atoms with van der Waals surface area (Å²) < 4.78 is 38.8. The van der Waals surface area contributed by atoms with E-state index in [1.54, 1.807) is 0 Å². The van der Waals surface area contributed by atoms with Gasteiger partial charge >= 0.3 is 6.18 Å². The summed E-state index contributed by atoms with van der Waals surface area (Å²) >= 11 is 5.72. The summed E-state index contributed by atoms with van der Waals surface area (Å²) in [6.07, 6.45) is -3.81. The maximum Gasteiger partial charge on any atom is 0.417 e. The molecule has 0 aromatic carbocycles. The molecule has 0 radical (unpaired) electrons. The number of nitrogens with two attached hydrogens (primary N) is 1. The number of alkyl halides is 3. The Morgan fingerprint density at radius 1 is 1.50 bits per heavy atom. The maximum absolute atomic E-state index is 12.6. The minimum atomic E-state index is -4.56. The lowest BCUT2D eigenvalue weighted by atomic mass is 10.2. The van der Waals surface area contributed by atoms with Crippen molar-refractivity contribution in [1.29, 1.82) is 0 Å². The van der Waals surface area contributed by atoms with Crippen molar-refractivity contribution in [2.75, 3.05) is 0 Å². The summed E-state index contributed by atoms with van der Waals surface area (Å²) in [6, 6.07) is 0.758. The molecule has 0 aliphatic rings. The van der Waals surface area contributed by atoms with E-state index in [1.807, 2.05) is 0 Å². The van der Waals surface area contributed by atoms with Crippen molar-refractivity contribution in [2.45, 2.75) is 13.1 Å². The second kappa shape index (κ2) is 3.88. The molecule has 2 N–H and O–H groups in total. The van der Waals surface area contributed by atoms with Crippen LogP contribution in [0.2, 0.25) is 5.02 Å². The number of amides is 1. The zero-order valence-corrected chi connectivity index (χ0v) is 9.80. The van der Waals surface area contributed by atoms with E-state index in [0.717, 1.165) is 16.7 Å². The van der Waals surface area contributed by atoms with Crippen LogP contribution in [0.4, 0.5) is 13.2 Å². The SMILES string of the molecule is Cc1nc2c(Cl)cc(C(F)(F)F)cn2c1C(N)=O. The van der Waals surface area contributed by atoms with Gasteiger partial charge < -0.3 is 5.73 Å². The molecule has 18 heavy (non-hydrogen) atoms. The highest BCUT2D eigenvalue weighted by Crippen LogP contribution is 2.32. The predicted molar refractivity (Wildman–Crippen MR) is 58.5 cm³/mol. The molecular weight excluding hydrogens is 271 g/mol. The molecule has 1 amide bonds. The lowest BCUT2D eigenvalue weighted by molar-refractivity contribution is -0.137. The number of aromatic nitrogens is 2. The largest absolute Gasteiger partial charge is 0.417 e. The molecule has 0 bridgehead atoms. The van der Waals surface area contributed by atoms with Gasteiger partial charge in [-0.3, -0.25) is 9.20 Å². The number of carbonyl (C=O) groups excluding carboxylic acids is 1. The first kappa shape index (κ1) is 12.7. The van der Waals surface area contributed by atoms with E-state index in [2.05, 4.69) is 4.98 Å². The summed E-state index contributed by atoms with van der Waals surface area (Å²) in [6.45, 7) is 1.47. The number of primary amides is 1. The van der Waals surface area contributed by atoms with Gasteiger partial charge in [-0.25, -0.2) is 4.98 Å². The van der Waals surface area contributed by atoms with Crippen LogP contribution in [0.1, 0.15) is 21.7 Å². The molecule has 0 saturated heterocycles. The Bertz CT molecular complexity index is 648. The number of rotatable bonds is 1. The molecule has 2 heterocycles. The standard InChI is InChI=1S/C10H7ClF3N3O/c1-4-7(8(15)18)17-3-5(10(12,13)14)2-6(11)9(17)16-4/h2-3H,1H3,(H2,15,18). The van der Waals surface area contributed by atoms with Crippen molar-refractivity contribution in [1.82, 2.24) is 9.38 Å². The smallest absolute Gasteiger partial charge is 0.364 e. The highest BCUT2D eigenvalue weighted by molar-refractivity contribution is 6.33. The molecule has 0 spiro atoms. The number of fused-ring (bicyclic) bond motifs is 1. The van der Waals surface area contributed by atoms with Crippen LogP contribution in [-0.4, -0.2) is 15.3 Å². The van der Waals surface area contributed by atoms with Gasteiger partial charge in [0, 0.05) is 6.20 Å². The number of imidazole rings is 1. The molecule has 0 unspecified atom stereocenters. The Labute approximate surface area is 104 Å². The minimum absolute atomic E-state index is 0.0657. The van der Waals surface area contributed by atoms with E-state index >= 15 is 0 Å². The second-order valence-electron chi connectivity index (χ2n) is 3.68. The summed E-state index contributed by atoms with van der Waals surface area (Å²) in [5.41, 5.74) is 4.32. The van der Waals surface area contributed by atoms with E-state index in [0.29, 0.717) is 0 Å². The Hall–Kier alpha value is -1.76. The van der Waals surface area contributed by atoms with E-state index in [-0.39, 0.29) is 22.1 Å². The summed E-state index contributed by atoms with van der Waals surface area (Å²) in [5, 5.41) is -0.194. The number of nitrogens with zero attached hydrogens (tertiary/aromatic N) is 2. The molecule has 0 atom stereocenters. The fourth-order valence-electron chi connectivity index (χ4n) is 1.67. The quantitative estimate of drug-likeness (QED) is 0.870.